The number of aromatic nitrogens is 3. The molecule has 0 atom stereocenters. The number of thioether (sulfide) groups is 1. The van der Waals surface area contributed by atoms with Crippen LogP contribution < -0.4 is 15.7 Å². The second-order valence-corrected chi connectivity index (χ2v) is 7.09. The van der Waals surface area contributed by atoms with Crippen LogP contribution in [0.2, 0.25) is 0 Å². The summed E-state index contributed by atoms with van der Waals surface area (Å²) in [4.78, 5) is 16.4. The average Bonchev–Trinajstić information content (AvgIpc) is 3.43. The normalized spacial score (nSPS) is 13.0. The molecule has 0 radical (unpaired) electrons. The van der Waals surface area contributed by atoms with Gasteiger partial charge in [-0.2, -0.15) is 10.5 Å². The molecule has 3 rings (SSSR count). The van der Waals surface area contributed by atoms with Crippen LogP contribution in [-0.2, 0) is 16.1 Å². The van der Waals surface area contributed by atoms with Crippen LogP contribution in [0.3, 0.4) is 0 Å². The molecule has 0 spiro atoms. The van der Waals surface area contributed by atoms with E-state index in [2.05, 4.69) is 21.6 Å². The Balaban J connectivity index is 1.69. The van der Waals surface area contributed by atoms with Crippen LogP contribution >= 0.6 is 11.8 Å². The molecular weight excluding hydrogens is 382 g/mol. The number of hydrogen-bond acceptors (Lipinski definition) is 9. The number of hydrogen-bond donors (Lipinski definition) is 2. The van der Waals surface area contributed by atoms with Gasteiger partial charge in [0.25, 0.3) is 6.20 Å². The zero-order chi connectivity index (χ0) is 20.1. The van der Waals surface area contributed by atoms with Gasteiger partial charge in [-0.15, -0.1) is 0 Å². The quantitative estimate of drug-likeness (QED) is 0.486. The number of carbonyl (C=O) groups excluding carboxylic acids is 1. The van der Waals surface area contributed by atoms with Gasteiger partial charge in [0.2, 0.25) is 17.7 Å². The third-order valence-electron chi connectivity index (χ3n) is 4.08. The minimum atomic E-state index is -0.346. The van der Waals surface area contributed by atoms with Crippen molar-refractivity contribution < 1.29 is 18.7 Å². The lowest BCUT2D eigenvalue weighted by Gasteiger charge is -2.11. The molecule has 1 aliphatic carbocycles. The third-order valence-corrected chi connectivity index (χ3v) is 5.05. The van der Waals surface area contributed by atoms with E-state index in [9.17, 15) is 15.3 Å². The molecule has 1 aliphatic rings. The number of ether oxygens (including phenoxy) is 1. The number of carbonyl (C=O) groups is 1. The van der Waals surface area contributed by atoms with E-state index in [1.165, 1.54) is 4.68 Å². The van der Waals surface area contributed by atoms with Gasteiger partial charge in [-0.05, 0) is 29.0 Å². The molecule has 2 heterocycles. The highest BCUT2D eigenvalue weighted by Gasteiger charge is 2.32. The van der Waals surface area contributed by atoms with Crippen LogP contribution in [0.5, 0.6) is 0 Å². The topological polar surface area (TPSA) is 155 Å². The molecule has 10 nitrogen and oxygen atoms in total. The zero-order valence-corrected chi connectivity index (χ0v) is 16.0. The first kappa shape index (κ1) is 19.6. The van der Waals surface area contributed by atoms with Crippen molar-refractivity contribution in [3.8, 4) is 12.1 Å². The Kier molecular flexibility index (Phi) is 6.09. The molecule has 1 amide bonds. The molecule has 0 saturated heterocycles. The van der Waals surface area contributed by atoms with Gasteiger partial charge in [0.1, 0.15) is 29.6 Å². The number of amides is 1. The maximum atomic E-state index is 12.2. The van der Waals surface area contributed by atoms with E-state index in [1.807, 2.05) is 6.07 Å². The fourth-order valence-electron chi connectivity index (χ4n) is 2.64. The first-order chi connectivity index (χ1) is 13.6. The number of nitrogen functional groups attached to an aromatic ring is 1. The predicted molar refractivity (Wildman–Crippen MR) is 98.0 cm³/mol. The predicted octanol–water partition coefficient (Wildman–Crippen LogP) is 0.937. The van der Waals surface area contributed by atoms with Gasteiger partial charge in [-0.3, -0.25) is 14.6 Å². The summed E-state index contributed by atoms with van der Waals surface area (Å²) >= 11 is 1.09. The smallest absolute Gasteiger partial charge is 0.302 e. The lowest BCUT2D eigenvalue weighted by Crippen LogP contribution is -2.36. The Morgan fingerprint density at radius 1 is 1.46 bits per heavy atom. The number of rotatable bonds is 8. The van der Waals surface area contributed by atoms with Crippen molar-refractivity contribution in [1.29, 1.82) is 10.5 Å². The van der Waals surface area contributed by atoms with Crippen LogP contribution in [0.1, 0.15) is 35.4 Å². The Hall–Kier alpha value is -3.15. The van der Waals surface area contributed by atoms with Gasteiger partial charge >= 0.3 is 5.88 Å². The second kappa shape index (κ2) is 8.69. The monoisotopic (exact) mass is 400 g/mol. The molecule has 0 bridgehead atoms. The molecule has 28 heavy (non-hydrogen) atoms. The van der Waals surface area contributed by atoms with Crippen molar-refractivity contribution >= 4 is 29.4 Å². The summed E-state index contributed by atoms with van der Waals surface area (Å²) in [5.74, 6) is 0.0886. The van der Waals surface area contributed by atoms with Gasteiger partial charge in [0, 0.05) is 7.11 Å². The van der Waals surface area contributed by atoms with Gasteiger partial charge in [-0.25, -0.2) is 4.98 Å². The second-order valence-electron chi connectivity index (χ2n) is 6.12. The highest BCUT2D eigenvalue weighted by Crippen LogP contribution is 2.45. The van der Waals surface area contributed by atoms with E-state index in [-0.39, 0.29) is 34.8 Å². The lowest BCUT2D eigenvalue weighted by atomic mass is 10.0. The van der Waals surface area contributed by atoms with Crippen molar-refractivity contribution in [3.63, 3.8) is 0 Å². The van der Waals surface area contributed by atoms with E-state index in [0.717, 1.165) is 24.6 Å². The first-order valence-corrected chi connectivity index (χ1v) is 9.47. The van der Waals surface area contributed by atoms with Crippen molar-refractivity contribution in [2.45, 2.75) is 30.3 Å². The Bertz CT molecular complexity index is 972. The lowest BCUT2D eigenvalue weighted by molar-refractivity contribution is -0.763. The number of anilines is 2. The van der Waals surface area contributed by atoms with Crippen LogP contribution in [-0.4, -0.2) is 35.6 Å². The van der Waals surface area contributed by atoms with Crippen LogP contribution in [0.15, 0.2) is 15.7 Å². The maximum Gasteiger partial charge on any atom is 0.302 e. The summed E-state index contributed by atoms with van der Waals surface area (Å²) in [5, 5.41) is 25.6. The third kappa shape index (κ3) is 4.39. The van der Waals surface area contributed by atoms with Crippen molar-refractivity contribution in [2.75, 3.05) is 30.5 Å². The van der Waals surface area contributed by atoms with Crippen molar-refractivity contribution in [2.24, 2.45) is 0 Å². The summed E-state index contributed by atoms with van der Waals surface area (Å²) < 4.78 is 11.5. The van der Waals surface area contributed by atoms with Gasteiger partial charge in [-0.1, -0.05) is 11.8 Å². The minimum Gasteiger partial charge on any atom is -0.383 e. The fraction of sp³-hybridized carbons (Fsp3) is 0.412. The molecule has 2 aromatic heterocycles. The number of nitrogens with two attached hydrogens (primary N) is 1. The Morgan fingerprint density at radius 3 is 2.86 bits per heavy atom. The Labute approximate surface area is 165 Å². The average molecular weight is 400 g/mol. The Morgan fingerprint density at radius 2 is 2.21 bits per heavy atom. The number of nitriles is 2. The van der Waals surface area contributed by atoms with E-state index in [1.54, 1.807) is 13.3 Å². The van der Waals surface area contributed by atoms with E-state index < -0.39 is 0 Å². The van der Waals surface area contributed by atoms with Gasteiger partial charge in [0.05, 0.1) is 16.9 Å². The molecule has 11 heteroatoms. The summed E-state index contributed by atoms with van der Waals surface area (Å²) in [6.45, 7) is 0.959. The number of pyridine rings is 1. The van der Waals surface area contributed by atoms with Crippen molar-refractivity contribution in [1.82, 2.24) is 10.3 Å². The molecule has 1 fully saturated rings. The SMILES string of the molecule is COCC[n+]1cc(NC(=O)CSc2nc(N)c(C#N)c(C3CC3)c2C#N)on1. The molecule has 3 N–H and O–H groups in total. The molecule has 1 saturated carbocycles. The molecular formula is C17H18N7O3S+. The summed E-state index contributed by atoms with van der Waals surface area (Å²) in [5.41, 5.74) is 7.13. The summed E-state index contributed by atoms with van der Waals surface area (Å²) in [6, 6.07) is 4.16. The summed E-state index contributed by atoms with van der Waals surface area (Å²) in [6.07, 6.45) is 3.36. The highest BCUT2D eigenvalue weighted by molar-refractivity contribution is 8.00. The standard InChI is InChI=1S/C17H17N7O3S/c1-26-5-4-24-8-14(27-23-24)21-13(25)9-28-17-12(7-19)15(10-2-3-10)11(6-18)16(20)22-17/h8,10H,2-5,9H2,1H3,(H2-,20,21,22,23,25)/p+1. The molecule has 0 unspecified atom stereocenters. The van der Waals surface area contributed by atoms with E-state index in [4.69, 9.17) is 15.0 Å². The van der Waals surface area contributed by atoms with Crippen LogP contribution in [0.4, 0.5) is 11.7 Å². The summed E-state index contributed by atoms with van der Waals surface area (Å²) in [7, 11) is 1.58. The molecule has 0 aromatic carbocycles. The number of nitrogens with zero attached hydrogens (tertiary/aromatic N) is 5. The number of methoxy groups -OCH3 is 1. The first-order valence-electron chi connectivity index (χ1n) is 8.49. The molecule has 144 valence electrons. The largest absolute Gasteiger partial charge is 0.383 e. The highest BCUT2D eigenvalue weighted by atomic mass is 32.2. The minimum absolute atomic E-state index is 0.00407. The zero-order valence-electron chi connectivity index (χ0n) is 15.1. The van der Waals surface area contributed by atoms with Crippen molar-refractivity contribution in [3.05, 3.63) is 22.9 Å². The number of nitrogens with one attached hydrogen (secondary N) is 1. The van der Waals surface area contributed by atoms with E-state index >= 15 is 0 Å². The van der Waals surface area contributed by atoms with Crippen LogP contribution in [0.25, 0.3) is 0 Å². The van der Waals surface area contributed by atoms with E-state index in [0.29, 0.717) is 29.3 Å². The molecule has 2 aromatic rings. The fourth-order valence-corrected chi connectivity index (χ4v) is 3.44. The maximum absolute atomic E-state index is 12.2. The van der Waals surface area contributed by atoms with Crippen LogP contribution in [0, 0.1) is 22.7 Å². The van der Waals surface area contributed by atoms with Gasteiger partial charge < -0.3 is 10.5 Å². The van der Waals surface area contributed by atoms with Gasteiger partial charge in [0.15, 0.2) is 0 Å². The molecule has 0 aliphatic heterocycles.